The van der Waals surface area contributed by atoms with Crippen LogP contribution in [0.15, 0.2) is 47.2 Å². The topological polar surface area (TPSA) is 97.4 Å². The number of fused-ring (bicyclic) bond motifs is 1. The summed E-state index contributed by atoms with van der Waals surface area (Å²) in [6, 6.07) is 14.7. The fourth-order valence-electron chi connectivity index (χ4n) is 4.37. The molecule has 1 aromatic carbocycles. The van der Waals surface area contributed by atoms with Crippen molar-refractivity contribution in [1.82, 2.24) is 0 Å². The lowest BCUT2D eigenvalue weighted by Crippen LogP contribution is -2.41. The maximum absolute atomic E-state index is 9.85. The van der Waals surface area contributed by atoms with Crippen LogP contribution in [0.2, 0.25) is 0 Å². The third kappa shape index (κ3) is 2.49. The van der Waals surface area contributed by atoms with Gasteiger partial charge in [-0.05, 0) is 47.8 Å². The second kappa shape index (κ2) is 6.70. The summed E-state index contributed by atoms with van der Waals surface area (Å²) in [4.78, 5) is 0. The van der Waals surface area contributed by atoms with Crippen molar-refractivity contribution in [3.8, 4) is 18.2 Å². The van der Waals surface area contributed by atoms with Crippen LogP contribution in [0, 0.1) is 51.2 Å². The number of nitrogens with two attached hydrogens (primary N) is 1. The molecule has 130 valence electrons. The molecular formula is C22H22N4. The Labute approximate surface area is 154 Å². The number of nitrogens with zero attached hydrogens (tertiary/aromatic N) is 3. The molecule has 0 bridgehead atoms. The van der Waals surface area contributed by atoms with Gasteiger partial charge >= 0.3 is 0 Å². The van der Waals surface area contributed by atoms with Crippen LogP contribution in [0.1, 0.15) is 43.7 Å². The van der Waals surface area contributed by atoms with Crippen molar-refractivity contribution in [2.45, 2.75) is 39.0 Å². The number of nitriles is 3. The smallest absolute Gasteiger partial charge is 0.204 e. The minimum absolute atomic E-state index is 0.0486. The first-order chi connectivity index (χ1) is 12.5. The minimum atomic E-state index is -1.52. The van der Waals surface area contributed by atoms with E-state index in [9.17, 15) is 15.8 Å². The number of rotatable bonds is 2. The molecule has 2 N–H and O–H groups in total. The first kappa shape index (κ1) is 17.8. The van der Waals surface area contributed by atoms with Gasteiger partial charge in [-0.15, -0.1) is 0 Å². The first-order valence-corrected chi connectivity index (χ1v) is 9.04. The van der Waals surface area contributed by atoms with Crippen LogP contribution >= 0.6 is 0 Å². The summed E-state index contributed by atoms with van der Waals surface area (Å²) >= 11 is 0. The van der Waals surface area contributed by atoms with Crippen LogP contribution in [0.3, 0.4) is 0 Å². The molecule has 4 nitrogen and oxygen atoms in total. The van der Waals surface area contributed by atoms with Gasteiger partial charge in [0.1, 0.15) is 0 Å². The van der Waals surface area contributed by atoms with E-state index in [-0.39, 0.29) is 17.5 Å². The summed E-state index contributed by atoms with van der Waals surface area (Å²) in [6.45, 7) is 4.27. The minimum Gasteiger partial charge on any atom is -0.399 e. The van der Waals surface area contributed by atoms with Gasteiger partial charge in [-0.1, -0.05) is 44.2 Å². The largest absolute Gasteiger partial charge is 0.399 e. The number of hydrogen-bond acceptors (Lipinski definition) is 4. The predicted molar refractivity (Wildman–Crippen MR) is 99.0 cm³/mol. The van der Waals surface area contributed by atoms with E-state index in [0.717, 1.165) is 30.4 Å². The summed E-state index contributed by atoms with van der Waals surface area (Å²) in [6.07, 6.45) is 4.63. The molecule has 2 aliphatic carbocycles. The lowest BCUT2D eigenvalue weighted by atomic mass is 9.57. The van der Waals surface area contributed by atoms with Gasteiger partial charge in [0.25, 0.3) is 0 Å². The van der Waals surface area contributed by atoms with Crippen molar-refractivity contribution in [2.24, 2.45) is 23.0 Å². The zero-order valence-corrected chi connectivity index (χ0v) is 15.2. The molecule has 26 heavy (non-hydrogen) atoms. The molecule has 4 heteroatoms. The van der Waals surface area contributed by atoms with Gasteiger partial charge in [0.05, 0.1) is 29.5 Å². The molecule has 0 heterocycles. The van der Waals surface area contributed by atoms with Crippen LogP contribution < -0.4 is 5.73 Å². The average molecular weight is 342 g/mol. The van der Waals surface area contributed by atoms with Gasteiger partial charge in [0, 0.05) is 5.92 Å². The highest BCUT2D eigenvalue weighted by molar-refractivity contribution is 5.58. The Balaban J connectivity index is 2.26. The first-order valence-electron chi connectivity index (χ1n) is 9.04. The average Bonchev–Trinajstić information content (AvgIpc) is 2.68. The second-order valence-electron chi connectivity index (χ2n) is 7.33. The molecule has 0 saturated heterocycles. The number of hydrogen-bond donors (Lipinski definition) is 1. The Morgan fingerprint density at radius 3 is 2.35 bits per heavy atom. The number of allylic oxidation sites excluding steroid dienone is 3. The number of aryl methyl sites for hydroxylation is 1. The van der Waals surface area contributed by atoms with Gasteiger partial charge in [-0.3, -0.25) is 0 Å². The molecule has 0 amide bonds. The summed E-state index contributed by atoms with van der Waals surface area (Å²) in [5, 5.41) is 29.5. The summed E-state index contributed by atoms with van der Waals surface area (Å²) in [5.74, 6) is 0.192. The molecule has 0 saturated carbocycles. The van der Waals surface area contributed by atoms with Crippen LogP contribution in [0.5, 0.6) is 0 Å². The molecule has 0 radical (unpaired) electrons. The van der Waals surface area contributed by atoms with Crippen molar-refractivity contribution in [2.75, 3.05) is 0 Å². The van der Waals surface area contributed by atoms with Crippen molar-refractivity contribution in [3.05, 3.63) is 58.3 Å². The molecule has 1 aromatic rings. The van der Waals surface area contributed by atoms with E-state index < -0.39 is 5.41 Å². The Bertz CT molecular complexity index is 885. The van der Waals surface area contributed by atoms with E-state index in [1.807, 2.05) is 6.08 Å². The highest BCUT2D eigenvalue weighted by Gasteiger charge is 2.52. The summed E-state index contributed by atoms with van der Waals surface area (Å²) in [5.41, 5.74) is 8.28. The molecule has 0 aliphatic heterocycles. The molecule has 0 spiro atoms. The summed E-state index contributed by atoms with van der Waals surface area (Å²) < 4.78 is 0. The van der Waals surface area contributed by atoms with Gasteiger partial charge in [0.15, 0.2) is 0 Å². The van der Waals surface area contributed by atoms with E-state index in [4.69, 9.17) is 5.73 Å². The summed E-state index contributed by atoms with van der Waals surface area (Å²) in [7, 11) is 0. The van der Waals surface area contributed by atoms with E-state index in [2.05, 4.69) is 56.3 Å². The van der Waals surface area contributed by atoms with E-state index in [0.29, 0.717) is 11.5 Å². The quantitative estimate of drug-likeness (QED) is 0.818. The van der Waals surface area contributed by atoms with Crippen molar-refractivity contribution in [3.63, 3.8) is 0 Å². The maximum Gasteiger partial charge on any atom is 0.204 e. The molecule has 0 aromatic heterocycles. The SMILES string of the molecule is CCc1ccc([C@H]2C(C#N)=C(N)C(C#N)(C#N)C3=CC[C@@H](C)C[C@@H]32)cc1. The van der Waals surface area contributed by atoms with Crippen LogP contribution in [0.4, 0.5) is 0 Å². The fourth-order valence-corrected chi connectivity index (χ4v) is 4.37. The number of benzene rings is 1. The Kier molecular flexibility index (Phi) is 4.58. The van der Waals surface area contributed by atoms with Gasteiger partial charge in [-0.25, -0.2) is 0 Å². The molecule has 0 unspecified atom stereocenters. The standard InChI is InChI=1S/C22H22N4/c1-3-15-5-7-16(8-6-15)20-17-10-14(2)4-9-19(17)22(12-24,13-25)21(26)18(20)11-23/h5-9,14,17,20H,3-4,10,26H2,1-2H3/t14-,17+,20-/m1/s1. The monoisotopic (exact) mass is 342 g/mol. The van der Waals surface area contributed by atoms with Gasteiger partial charge in [0.2, 0.25) is 5.41 Å². The fraction of sp³-hybridized carbons (Fsp3) is 0.409. The molecule has 2 aliphatic rings. The highest BCUT2D eigenvalue weighted by atomic mass is 14.7. The molecule has 3 rings (SSSR count). The van der Waals surface area contributed by atoms with Gasteiger partial charge < -0.3 is 5.73 Å². The lowest BCUT2D eigenvalue weighted by molar-refractivity contribution is 0.334. The van der Waals surface area contributed by atoms with Crippen LogP contribution in [0.25, 0.3) is 0 Å². The Morgan fingerprint density at radius 2 is 1.81 bits per heavy atom. The zero-order valence-electron chi connectivity index (χ0n) is 15.2. The van der Waals surface area contributed by atoms with Gasteiger partial charge in [-0.2, -0.15) is 15.8 Å². The molecule has 3 atom stereocenters. The highest BCUT2D eigenvalue weighted by Crippen LogP contribution is 2.55. The lowest BCUT2D eigenvalue weighted by Gasteiger charge is -2.43. The predicted octanol–water partition coefficient (Wildman–Crippen LogP) is 4.09. The third-order valence-corrected chi connectivity index (χ3v) is 5.84. The third-order valence-electron chi connectivity index (χ3n) is 5.84. The van der Waals surface area contributed by atoms with E-state index in [1.165, 1.54) is 5.56 Å². The molecular weight excluding hydrogens is 320 g/mol. The van der Waals surface area contributed by atoms with Crippen LogP contribution in [-0.2, 0) is 6.42 Å². The zero-order chi connectivity index (χ0) is 18.9. The van der Waals surface area contributed by atoms with Crippen LogP contribution in [-0.4, -0.2) is 0 Å². The Hall–Kier alpha value is -3.03. The van der Waals surface area contributed by atoms with E-state index in [1.54, 1.807) is 0 Å². The normalized spacial score (nSPS) is 26.7. The second-order valence-corrected chi connectivity index (χ2v) is 7.33. The molecule has 0 fully saturated rings. The Morgan fingerprint density at radius 1 is 1.15 bits per heavy atom. The van der Waals surface area contributed by atoms with Crippen molar-refractivity contribution < 1.29 is 0 Å². The van der Waals surface area contributed by atoms with Crippen molar-refractivity contribution >= 4 is 0 Å². The van der Waals surface area contributed by atoms with Crippen molar-refractivity contribution in [1.29, 1.82) is 15.8 Å². The maximum atomic E-state index is 9.85. The van der Waals surface area contributed by atoms with E-state index >= 15 is 0 Å².